The zero-order valence-electron chi connectivity index (χ0n) is 21.1. The molecule has 0 unspecified atom stereocenters. The second kappa shape index (κ2) is 9.15. The Morgan fingerprint density at radius 3 is 2.29 bits per heavy atom. The largest absolute Gasteiger partial charge is 0.369 e. The van der Waals surface area contributed by atoms with Crippen molar-refractivity contribution >= 4 is 22.6 Å². The van der Waals surface area contributed by atoms with Crippen molar-refractivity contribution < 1.29 is 4.79 Å². The van der Waals surface area contributed by atoms with Gasteiger partial charge in [0.25, 0.3) is 5.91 Å². The highest BCUT2D eigenvalue weighted by atomic mass is 16.2. The molecule has 0 radical (unpaired) electrons. The lowest BCUT2D eigenvalue weighted by Crippen LogP contribution is -2.45. The predicted octanol–water partition coefficient (Wildman–Crippen LogP) is 4.36. The standard InChI is InChI=1S/C28H32N6O/c1-18-12-21(13-19(2)26(18)34-10-8-33(5)9-11-34)22-14-23-24(17-31-27(23)30-16-22)25-7-6-20(15-29-25)28(35)32(3)4/h6-7,12-17H,8-11H2,1-5H3,(H,30,31). The van der Waals surface area contributed by atoms with E-state index in [1.54, 1.807) is 25.2 Å². The molecule has 1 aliphatic heterocycles. The molecule has 4 aromatic rings. The molecule has 0 aliphatic carbocycles. The van der Waals surface area contributed by atoms with Gasteiger partial charge in [-0.15, -0.1) is 0 Å². The smallest absolute Gasteiger partial charge is 0.254 e. The summed E-state index contributed by atoms with van der Waals surface area (Å²) in [5, 5.41) is 1.01. The molecule has 1 N–H and O–H groups in total. The van der Waals surface area contributed by atoms with Crippen molar-refractivity contribution in [2.45, 2.75) is 13.8 Å². The SMILES string of the molecule is Cc1cc(-c2cnc3[nH]cc(-c4ccc(C(=O)N(C)C)cn4)c3c2)cc(C)c1N1CCN(C)CC1. The van der Waals surface area contributed by atoms with Crippen LogP contribution in [0.15, 0.2) is 48.9 Å². The van der Waals surface area contributed by atoms with E-state index in [-0.39, 0.29) is 5.91 Å². The van der Waals surface area contributed by atoms with Crippen LogP contribution in [-0.4, -0.2) is 78.0 Å². The van der Waals surface area contributed by atoms with Crippen molar-refractivity contribution in [1.29, 1.82) is 0 Å². The second-order valence-corrected chi connectivity index (χ2v) is 9.70. The molecular formula is C28H32N6O. The molecule has 35 heavy (non-hydrogen) atoms. The van der Waals surface area contributed by atoms with Gasteiger partial charge in [-0.05, 0) is 67.9 Å². The summed E-state index contributed by atoms with van der Waals surface area (Å²) in [6.07, 6.45) is 5.50. The Labute approximate surface area is 206 Å². The minimum Gasteiger partial charge on any atom is -0.369 e. The predicted molar refractivity (Wildman–Crippen MR) is 142 cm³/mol. The Morgan fingerprint density at radius 1 is 0.943 bits per heavy atom. The topological polar surface area (TPSA) is 68.4 Å². The number of likely N-dealkylation sites (N-methyl/N-ethyl adjacent to an activating group) is 1. The number of aryl methyl sites for hydroxylation is 2. The number of carbonyl (C=O) groups excluding carboxylic acids is 1. The van der Waals surface area contributed by atoms with Gasteiger partial charge in [0.1, 0.15) is 5.65 Å². The van der Waals surface area contributed by atoms with Gasteiger partial charge in [0.2, 0.25) is 0 Å². The summed E-state index contributed by atoms with van der Waals surface area (Å²) in [7, 11) is 5.67. The van der Waals surface area contributed by atoms with Crippen LogP contribution in [0.5, 0.6) is 0 Å². The number of fused-ring (bicyclic) bond motifs is 1. The molecule has 1 fully saturated rings. The summed E-state index contributed by atoms with van der Waals surface area (Å²) in [6.45, 7) is 8.72. The molecule has 7 heteroatoms. The molecule has 1 aliphatic rings. The van der Waals surface area contributed by atoms with Crippen molar-refractivity contribution in [2.24, 2.45) is 0 Å². The van der Waals surface area contributed by atoms with E-state index in [4.69, 9.17) is 4.98 Å². The third kappa shape index (κ3) is 4.39. The number of hydrogen-bond donors (Lipinski definition) is 1. The summed E-state index contributed by atoms with van der Waals surface area (Å²) in [5.41, 5.74) is 9.36. The molecule has 0 bridgehead atoms. The van der Waals surface area contributed by atoms with Gasteiger partial charge in [0.05, 0.1) is 11.3 Å². The van der Waals surface area contributed by atoms with Gasteiger partial charge < -0.3 is 19.7 Å². The van der Waals surface area contributed by atoms with Crippen LogP contribution in [0.4, 0.5) is 5.69 Å². The zero-order chi connectivity index (χ0) is 24.7. The van der Waals surface area contributed by atoms with Crippen molar-refractivity contribution in [3.8, 4) is 22.4 Å². The van der Waals surface area contributed by atoms with Crippen LogP contribution in [0.2, 0.25) is 0 Å². The van der Waals surface area contributed by atoms with Crippen LogP contribution >= 0.6 is 0 Å². The van der Waals surface area contributed by atoms with Gasteiger partial charge in [0.15, 0.2) is 0 Å². The summed E-state index contributed by atoms with van der Waals surface area (Å²) in [4.78, 5) is 31.2. The van der Waals surface area contributed by atoms with E-state index in [1.807, 2.05) is 24.5 Å². The van der Waals surface area contributed by atoms with Crippen LogP contribution in [0, 0.1) is 13.8 Å². The maximum absolute atomic E-state index is 12.2. The lowest BCUT2D eigenvalue weighted by Gasteiger charge is -2.36. The Hall–Kier alpha value is -3.71. The number of hydrogen-bond acceptors (Lipinski definition) is 5. The van der Waals surface area contributed by atoms with Crippen molar-refractivity contribution in [3.05, 3.63) is 65.6 Å². The summed E-state index contributed by atoms with van der Waals surface area (Å²) < 4.78 is 0. The molecule has 0 spiro atoms. The van der Waals surface area contributed by atoms with Gasteiger partial charge in [-0.3, -0.25) is 9.78 Å². The number of rotatable bonds is 4. The molecule has 1 saturated heterocycles. The number of pyridine rings is 2. The van der Waals surface area contributed by atoms with Crippen molar-refractivity contribution in [1.82, 2.24) is 24.8 Å². The van der Waals surface area contributed by atoms with E-state index >= 15 is 0 Å². The molecule has 0 saturated carbocycles. The summed E-state index contributed by atoms with van der Waals surface area (Å²) >= 11 is 0. The second-order valence-electron chi connectivity index (χ2n) is 9.70. The fraction of sp³-hybridized carbons (Fsp3) is 0.321. The first-order valence-electron chi connectivity index (χ1n) is 12.0. The number of amides is 1. The third-order valence-electron chi connectivity index (χ3n) is 6.87. The fourth-order valence-corrected chi connectivity index (χ4v) is 4.96. The van der Waals surface area contributed by atoms with Gasteiger partial charge in [-0.25, -0.2) is 4.98 Å². The first kappa shape index (κ1) is 23.1. The molecular weight excluding hydrogens is 436 g/mol. The van der Waals surface area contributed by atoms with Crippen molar-refractivity contribution in [2.75, 3.05) is 52.2 Å². The Bertz CT molecular complexity index is 1360. The maximum atomic E-state index is 12.2. The Balaban J connectivity index is 1.49. The number of nitrogens with one attached hydrogen (secondary N) is 1. The quantitative estimate of drug-likeness (QED) is 0.482. The maximum Gasteiger partial charge on any atom is 0.254 e. The highest BCUT2D eigenvalue weighted by Crippen LogP contribution is 2.34. The number of carbonyl (C=O) groups is 1. The van der Waals surface area contributed by atoms with E-state index in [9.17, 15) is 4.79 Å². The molecule has 3 aromatic heterocycles. The average Bonchev–Trinajstić information content (AvgIpc) is 3.27. The first-order valence-corrected chi connectivity index (χ1v) is 12.0. The highest BCUT2D eigenvalue weighted by molar-refractivity contribution is 5.96. The molecule has 1 amide bonds. The highest BCUT2D eigenvalue weighted by Gasteiger charge is 2.19. The van der Waals surface area contributed by atoms with E-state index < -0.39 is 0 Å². The fourth-order valence-electron chi connectivity index (χ4n) is 4.96. The van der Waals surface area contributed by atoms with Crippen LogP contribution in [0.3, 0.4) is 0 Å². The summed E-state index contributed by atoms with van der Waals surface area (Å²) in [6, 6.07) is 10.4. The molecule has 7 nitrogen and oxygen atoms in total. The molecule has 180 valence electrons. The van der Waals surface area contributed by atoms with Crippen molar-refractivity contribution in [3.63, 3.8) is 0 Å². The lowest BCUT2D eigenvalue weighted by molar-refractivity contribution is 0.0827. The van der Waals surface area contributed by atoms with Crippen LogP contribution in [-0.2, 0) is 0 Å². The van der Waals surface area contributed by atoms with E-state index in [2.05, 4.69) is 58.9 Å². The van der Waals surface area contributed by atoms with E-state index in [1.165, 1.54) is 22.4 Å². The number of H-pyrrole nitrogens is 1. The first-order chi connectivity index (χ1) is 16.8. The zero-order valence-corrected chi connectivity index (χ0v) is 21.1. The summed E-state index contributed by atoms with van der Waals surface area (Å²) in [5.74, 6) is -0.0577. The third-order valence-corrected chi connectivity index (χ3v) is 6.87. The molecule has 1 aromatic carbocycles. The Kier molecular flexibility index (Phi) is 6.03. The average molecular weight is 469 g/mol. The van der Waals surface area contributed by atoms with E-state index in [0.29, 0.717) is 5.56 Å². The van der Waals surface area contributed by atoms with Gasteiger partial charge in [0, 0.05) is 81.1 Å². The van der Waals surface area contributed by atoms with E-state index in [0.717, 1.165) is 54.0 Å². The van der Waals surface area contributed by atoms with Crippen LogP contribution in [0.25, 0.3) is 33.4 Å². The molecule has 5 rings (SSSR count). The van der Waals surface area contributed by atoms with Crippen LogP contribution in [0.1, 0.15) is 21.5 Å². The Morgan fingerprint density at radius 2 is 1.66 bits per heavy atom. The molecule has 0 atom stereocenters. The minimum absolute atomic E-state index is 0.0577. The number of piperazine rings is 1. The van der Waals surface area contributed by atoms with Gasteiger partial charge in [-0.2, -0.15) is 0 Å². The van der Waals surface area contributed by atoms with Gasteiger partial charge >= 0.3 is 0 Å². The van der Waals surface area contributed by atoms with Gasteiger partial charge in [-0.1, -0.05) is 0 Å². The number of aromatic nitrogens is 3. The number of aromatic amines is 1. The molecule has 4 heterocycles. The van der Waals surface area contributed by atoms with Crippen LogP contribution < -0.4 is 4.90 Å². The number of nitrogens with zero attached hydrogens (tertiary/aromatic N) is 5. The normalized spacial score (nSPS) is 14.5. The minimum atomic E-state index is -0.0577. The lowest BCUT2D eigenvalue weighted by atomic mass is 9.97. The number of anilines is 1. The number of benzene rings is 1. The monoisotopic (exact) mass is 468 g/mol.